The van der Waals surface area contributed by atoms with Crippen LogP contribution in [0.4, 0.5) is 11.4 Å². The average molecular weight is 272 g/mol. The number of carbonyl (C=O) groups is 1. The lowest BCUT2D eigenvalue weighted by molar-refractivity contribution is 0.0694. The summed E-state index contributed by atoms with van der Waals surface area (Å²) in [6.07, 6.45) is 0. The second-order valence-electron chi connectivity index (χ2n) is 4.18. The van der Waals surface area contributed by atoms with Crippen LogP contribution in [0.3, 0.4) is 0 Å². The Balaban J connectivity index is 2.29. The molecule has 0 aliphatic carbocycles. The standard InChI is InChI=1S/C14H12N2O4/c1-8-6-9(2-4-12(8)17)15-16-10-3-5-13(18)11(7-10)14(19)20/h2-7,17-18H,1H3,(H,19,20)/b16-15+. The lowest BCUT2D eigenvalue weighted by Crippen LogP contribution is -1.95. The van der Waals surface area contributed by atoms with Gasteiger partial charge in [-0.3, -0.25) is 0 Å². The summed E-state index contributed by atoms with van der Waals surface area (Å²) in [4.78, 5) is 10.9. The summed E-state index contributed by atoms with van der Waals surface area (Å²) in [6, 6.07) is 8.68. The van der Waals surface area contributed by atoms with E-state index >= 15 is 0 Å². The predicted molar refractivity (Wildman–Crippen MR) is 72.1 cm³/mol. The van der Waals surface area contributed by atoms with Crippen molar-refractivity contribution in [3.05, 3.63) is 47.5 Å². The Kier molecular flexibility index (Phi) is 3.65. The first-order valence-electron chi connectivity index (χ1n) is 5.75. The molecule has 2 aromatic carbocycles. The molecular weight excluding hydrogens is 260 g/mol. The van der Waals surface area contributed by atoms with Crippen LogP contribution < -0.4 is 0 Å². The second-order valence-corrected chi connectivity index (χ2v) is 4.18. The van der Waals surface area contributed by atoms with Crippen molar-refractivity contribution in [2.45, 2.75) is 6.92 Å². The molecule has 2 rings (SSSR count). The van der Waals surface area contributed by atoms with Crippen molar-refractivity contribution in [1.82, 2.24) is 0 Å². The quantitative estimate of drug-likeness (QED) is 0.744. The molecule has 0 aromatic heterocycles. The van der Waals surface area contributed by atoms with Crippen LogP contribution in [-0.2, 0) is 0 Å². The van der Waals surface area contributed by atoms with Gasteiger partial charge in [0.05, 0.1) is 11.4 Å². The molecule has 0 spiro atoms. The molecule has 6 heteroatoms. The number of azo groups is 1. The summed E-state index contributed by atoms with van der Waals surface area (Å²) in [7, 11) is 0. The summed E-state index contributed by atoms with van der Waals surface area (Å²) in [5.74, 6) is -1.39. The van der Waals surface area contributed by atoms with E-state index in [0.717, 1.165) is 0 Å². The van der Waals surface area contributed by atoms with E-state index in [1.165, 1.54) is 24.3 Å². The normalized spacial score (nSPS) is 10.8. The van der Waals surface area contributed by atoms with Crippen molar-refractivity contribution in [2.24, 2.45) is 10.2 Å². The highest BCUT2D eigenvalue weighted by Crippen LogP contribution is 2.27. The van der Waals surface area contributed by atoms with E-state index in [2.05, 4.69) is 10.2 Å². The van der Waals surface area contributed by atoms with Gasteiger partial charge in [0, 0.05) is 0 Å². The summed E-state index contributed by atoms with van der Waals surface area (Å²) < 4.78 is 0. The highest BCUT2D eigenvalue weighted by Gasteiger charge is 2.09. The zero-order valence-electron chi connectivity index (χ0n) is 10.6. The van der Waals surface area contributed by atoms with Crippen LogP contribution in [0.5, 0.6) is 11.5 Å². The van der Waals surface area contributed by atoms with Gasteiger partial charge < -0.3 is 15.3 Å². The number of hydrogen-bond donors (Lipinski definition) is 3. The number of carboxylic acids is 1. The maximum absolute atomic E-state index is 10.9. The Morgan fingerprint density at radius 2 is 1.50 bits per heavy atom. The Labute approximate surface area is 114 Å². The van der Waals surface area contributed by atoms with Crippen LogP contribution >= 0.6 is 0 Å². The van der Waals surface area contributed by atoms with E-state index in [4.69, 9.17) is 5.11 Å². The monoisotopic (exact) mass is 272 g/mol. The lowest BCUT2D eigenvalue weighted by Gasteiger charge is -2.01. The first-order chi connectivity index (χ1) is 9.47. The first kappa shape index (κ1) is 13.5. The van der Waals surface area contributed by atoms with E-state index in [9.17, 15) is 15.0 Å². The molecule has 0 saturated heterocycles. The zero-order chi connectivity index (χ0) is 14.7. The highest BCUT2D eigenvalue weighted by atomic mass is 16.4. The molecule has 0 radical (unpaired) electrons. The number of benzene rings is 2. The van der Waals surface area contributed by atoms with Crippen molar-refractivity contribution in [1.29, 1.82) is 0 Å². The van der Waals surface area contributed by atoms with Crippen LogP contribution in [0.2, 0.25) is 0 Å². The van der Waals surface area contributed by atoms with Gasteiger partial charge in [0.1, 0.15) is 17.1 Å². The topological polar surface area (TPSA) is 102 Å². The molecule has 0 fully saturated rings. The third-order valence-corrected chi connectivity index (χ3v) is 2.67. The van der Waals surface area contributed by atoms with E-state index in [0.29, 0.717) is 16.9 Å². The Bertz CT molecular complexity index is 696. The van der Waals surface area contributed by atoms with Crippen LogP contribution in [-0.4, -0.2) is 21.3 Å². The third-order valence-electron chi connectivity index (χ3n) is 2.67. The number of carboxylic acid groups (broad SMARTS) is 1. The average Bonchev–Trinajstić information content (AvgIpc) is 2.41. The van der Waals surface area contributed by atoms with Gasteiger partial charge in [0.25, 0.3) is 0 Å². The molecule has 0 aliphatic rings. The van der Waals surface area contributed by atoms with Gasteiger partial charge in [-0.05, 0) is 48.9 Å². The summed E-state index contributed by atoms with van der Waals surface area (Å²) in [5.41, 5.74) is 1.28. The van der Waals surface area contributed by atoms with E-state index in [-0.39, 0.29) is 17.1 Å². The number of aryl methyl sites for hydroxylation is 1. The van der Waals surface area contributed by atoms with E-state index < -0.39 is 5.97 Å². The van der Waals surface area contributed by atoms with E-state index in [1.807, 2.05) is 0 Å². The van der Waals surface area contributed by atoms with Crippen LogP contribution in [0, 0.1) is 6.92 Å². The molecule has 0 unspecified atom stereocenters. The molecule has 0 saturated carbocycles. The minimum absolute atomic E-state index is 0.168. The SMILES string of the molecule is Cc1cc(/N=N/c2ccc(O)c(C(=O)O)c2)ccc1O. The minimum atomic E-state index is -1.24. The molecule has 0 bridgehead atoms. The number of phenols is 2. The fourth-order valence-corrected chi connectivity index (χ4v) is 1.57. The summed E-state index contributed by atoms with van der Waals surface area (Å²) >= 11 is 0. The minimum Gasteiger partial charge on any atom is -0.508 e. The van der Waals surface area contributed by atoms with Crippen molar-refractivity contribution >= 4 is 17.3 Å². The number of nitrogens with zero attached hydrogens (tertiary/aromatic N) is 2. The molecule has 0 aliphatic heterocycles. The van der Waals surface area contributed by atoms with Gasteiger partial charge in [-0.1, -0.05) is 0 Å². The molecule has 20 heavy (non-hydrogen) atoms. The maximum atomic E-state index is 10.9. The number of hydrogen-bond acceptors (Lipinski definition) is 5. The van der Waals surface area contributed by atoms with Gasteiger partial charge in [0.2, 0.25) is 0 Å². The first-order valence-corrected chi connectivity index (χ1v) is 5.75. The molecule has 2 aromatic rings. The largest absolute Gasteiger partial charge is 0.508 e. The van der Waals surface area contributed by atoms with Crippen molar-refractivity contribution in [3.63, 3.8) is 0 Å². The maximum Gasteiger partial charge on any atom is 0.339 e. The Hall–Kier alpha value is -2.89. The molecule has 6 nitrogen and oxygen atoms in total. The van der Waals surface area contributed by atoms with Gasteiger partial charge in [0.15, 0.2) is 0 Å². The number of rotatable bonds is 3. The smallest absolute Gasteiger partial charge is 0.339 e. The molecular formula is C14H12N2O4. The number of aromatic carboxylic acids is 1. The fraction of sp³-hybridized carbons (Fsp3) is 0.0714. The van der Waals surface area contributed by atoms with Gasteiger partial charge in [-0.25, -0.2) is 4.79 Å². The highest BCUT2D eigenvalue weighted by molar-refractivity contribution is 5.91. The number of phenolic OH excluding ortho intramolecular Hbond substituents is 1. The van der Waals surface area contributed by atoms with E-state index in [1.54, 1.807) is 19.1 Å². The molecule has 0 atom stereocenters. The number of aromatic hydroxyl groups is 2. The Morgan fingerprint density at radius 1 is 0.950 bits per heavy atom. The van der Waals surface area contributed by atoms with Gasteiger partial charge in [-0.2, -0.15) is 10.2 Å². The van der Waals surface area contributed by atoms with Gasteiger partial charge >= 0.3 is 5.97 Å². The molecule has 0 heterocycles. The zero-order valence-corrected chi connectivity index (χ0v) is 10.6. The molecule has 102 valence electrons. The molecule has 0 amide bonds. The lowest BCUT2D eigenvalue weighted by atomic mass is 10.2. The second kappa shape index (κ2) is 5.40. The van der Waals surface area contributed by atoms with Gasteiger partial charge in [-0.15, -0.1) is 0 Å². The van der Waals surface area contributed by atoms with Crippen molar-refractivity contribution in [2.75, 3.05) is 0 Å². The van der Waals surface area contributed by atoms with Crippen LogP contribution in [0.25, 0.3) is 0 Å². The third kappa shape index (κ3) is 2.92. The summed E-state index contributed by atoms with van der Waals surface area (Å²) in [5, 5.41) is 35.5. The fourth-order valence-electron chi connectivity index (χ4n) is 1.57. The van der Waals surface area contributed by atoms with Crippen molar-refractivity contribution < 1.29 is 20.1 Å². The Morgan fingerprint density at radius 3 is 2.05 bits per heavy atom. The van der Waals surface area contributed by atoms with Crippen molar-refractivity contribution in [3.8, 4) is 11.5 Å². The molecule has 3 N–H and O–H groups in total. The predicted octanol–water partition coefficient (Wildman–Crippen LogP) is 3.52. The van der Waals surface area contributed by atoms with Crippen LogP contribution in [0.15, 0.2) is 46.6 Å². The van der Waals surface area contributed by atoms with Crippen LogP contribution in [0.1, 0.15) is 15.9 Å². The summed E-state index contributed by atoms with van der Waals surface area (Å²) in [6.45, 7) is 1.73.